The molecular weight excluding hydrogens is 374 g/mol. The summed E-state index contributed by atoms with van der Waals surface area (Å²) in [5.74, 6) is -0.486. The zero-order valence-electron chi connectivity index (χ0n) is 16.4. The van der Waals surface area contributed by atoms with Crippen LogP contribution >= 0.6 is 11.3 Å². The molecule has 0 radical (unpaired) electrons. The predicted molar refractivity (Wildman–Crippen MR) is 112 cm³/mol. The molecule has 0 atom stereocenters. The summed E-state index contributed by atoms with van der Waals surface area (Å²) in [6.07, 6.45) is 0. The van der Waals surface area contributed by atoms with Crippen LogP contribution in [-0.2, 0) is 16.1 Å². The first kappa shape index (κ1) is 20.5. The highest BCUT2D eigenvalue weighted by atomic mass is 32.1. The van der Waals surface area contributed by atoms with Crippen LogP contribution in [0.2, 0.25) is 0 Å². The molecule has 1 saturated heterocycles. The SMILES string of the molecule is CCOC(=O)c1cc(C)sc1NC(=O)CN1CCN(Cc2ccccc2)CC1. The summed E-state index contributed by atoms with van der Waals surface area (Å²) >= 11 is 1.40. The van der Waals surface area contributed by atoms with E-state index in [0.717, 1.165) is 37.6 Å². The molecule has 1 aromatic heterocycles. The van der Waals surface area contributed by atoms with Gasteiger partial charge in [0.1, 0.15) is 5.00 Å². The van der Waals surface area contributed by atoms with Crippen molar-refractivity contribution in [3.8, 4) is 0 Å². The zero-order chi connectivity index (χ0) is 19.9. The van der Waals surface area contributed by atoms with Gasteiger partial charge in [0.25, 0.3) is 0 Å². The number of nitrogens with one attached hydrogen (secondary N) is 1. The van der Waals surface area contributed by atoms with E-state index in [1.807, 2.05) is 13.0 Å². The molecule has 150 valence electrons. The van der Waals surface area contributed by atoms with Gasteiger partial charge in [-0.1, -0.05) is 30.3 Å². The van der Waals surface area contributed by atoms with E-state index >= 15 is 0 Å². The van der Waals surface area contributed by atoms with E-state index in [0.29, 0.717) is 23.7 Å². The van der Waals surface area contributed by atoms with E-state index in [4.69, 9.17) is 4.74 Å². The van der Waals surface area contributed by atoms with E-state index in [-0.39, 0.29) is 5.91 Å². The molecule has 3 rings (SSSR count). The number of hydrogen-bond acceptors (Lipinski definition) is 6. The fourth-order valence-corrected chi connectivity index (χ4v) is 4.20. The summed E-state index contributed by atoms with van der Waals surface area (Å²) in [4.78, 5) is 30.1. The summed E-state index contributed by atoms with van der Waals surface area (Å²) in [5.41, 5.74) is 1.75. The molecule has 1 N–H and O–H groups in total. The molecule has 0 aliphatic carbocycles. The van der Waals surface area contributed by atoms with Crippen molar-refractivity contribution in [3.05, 3.63) is 52.4 Å². The average Bonchev–Trinajstić information content (AvgIpc) is 3.04. The van der Waals surface area contributed by atoms with Crippen LogP contribution in [0.25, 0.3) is 0 Å². The van der Waals surface area contributed by atoms with Gasteiger partial charge in [0, 0.05) is 37.6 Å². The fraction of sp³-hybridized carbons (Fsp3) is 0.429. The van der Waals surface area contributed by atoms with Gasteiger partial charge in [-0.05, 0) is 25.5 Å². The van der Waals surface area contributed by atoms with E-state index in [1.54, 1.807) is 13.0 Å². The molecule has 2 aromatic rings. The fourth-order valence-electron chi connectivity index (χ4n) is 3.28. The van der Waals surface area contributed by atoms with E-state index in [1.165, 1.54) is 16.9 Å². The highest BCUT2D eigenvalue weighted by Crippen LogP contribution is 2.28. The lowest BCUT2D eigenvalue weighted by Crippen LogP contribution is -2.48. The first-order valence-electron chi connectivity index (χ1n) is 9.61. The maximum absolute atomic E-state index is 12.5. The number of piperazine rings is 1. The molecule has 1 aliphatic heterocycles. The number of thiophene rings is 1. The summed E-state index contributed by atoms with van der Waals surface area (Å²) in [6.45, 7) is 8.86. The summed E-state index contributed by atoms with van der Waals surface area (Å²) in [7, 11) is 0. The average molecular weight is 402 g/mol. The molecule has 1 amide bonds. The second kappa shape index (κ2) is 9.82. The predicted octanol–water partition coefficient (Wildman–Crippen LogP) is 2.99. The number of esters is 1. The Morgan fingerprint density at radius 3 is 2.46 bits per heavy atom. The van der Waals surface area contributed by atoms with Gasteiger partial charge in [0.2, 0.25) is 5.91 Å². The van der Waals surface area contributed by atoms with Gasteiger partial charge in [-0.2, -0.15) is 0 Å². The number of ether oxygens (including phenoxy) is 1. The molecule has 28 heavy (non-hydrogen) atoms. The lowest BCUT2D eigenvalue weighted by atomic mass is 10.2. The van der Waals surface area contributed by atoms with Crippen LogP contribution in [0.5, 0.6) is 0 Å². The first-order valence-corrected chi connectivity index (χ1v) is 10.4. The van der Waals surface area contributed by atoms with Crippen molar-refractivity contribution < 1.29 is 14.3 Å². The topological polar surface area (TPSA) is 61.9 Å². The second-order valence-corrected chi connectivity index (χ2v) is 8.16. The van der Waals surface area contributed by atoms with Crippen LogP contribution in [0, 0.1) is 6.92 Å². The van der Waals surface area contributed by atoms with Gasteiger partial charge in [0.15, 0.2) is 0 Å². The number of amides is 1. The van der Waals surface area contributed by atoms with E-state index in [2.05, 4.69) is 39.4 Å². The molecule has 1 aliphatic rings. The Morgan fingerprint density at radius 2 is 1.79 bits per heavy atom. The van der Waals surface area contributed by atoms with Gasteiger partial charge >= 0.3 is 5.97 Å². The Hall–Kier alpha value is -2.22. The number of carbonyl (C=O) groups excluding carboxylic acids is 2. The number of anilines is 1. The van der Waals surface area contributed by atoms with Crippen molar-refractivity contribution in [1.29, 1.82) is 0 Å². The number of carbonyl (C=O) groups is 2. The Bertz CT molecular complexity index is 798. The van der Waals surface area contributed by atoms with Crippen LogP contribution in [0.1, 0.15) is 27.7 Å². The Kier molecular flexibility index (Phi) is 7.19. The third-order valence-electron chi connectivity index (χ3n) is 4.68. The maximum atomic E-state index is 12.5. The van der Waals surface area contributed by atoms with Crippen molar-refractivity contribution in [3.63, 3.8) is 0 Å². The monoisotopic (exact) mass is 401 g/mol. The molecule has 1 aromatic carbocycles. The minimum absolute atomic E-state index is 0.0936. The maximum Gasteiger partial charge on any atom is 0.341 e. The van der Waals surface area contributed by atoms with Crippen molar-refractivity contribution in [1.82, 2.24) is 9.80 Å². The Morgan fingerprint density at radius 1 is 1.11 bits per heavy atom. The summed E-state index contributed by atoms with van der Waals surface area (Å²) < 4.78 is 5.07. The first-order chi connectivity index (χ1) is 13.5. The minimum atomic E-state index is -0.392. The standard InChI is InChI=1S/C21H27N3O3S/c1-3-27-21(26)18-13-16(2)28-20(18)22-19(25)15-24-11-9-23(10-12-24)14-17-7-5-4-6-8-17/h4-8,13H,3,9-12,14-15H2,1-2H3,(H,22,25). The van der Waals surface area contributed by atoms with Crippen LogP contribution in [0.4, 0.5) is 5.00 Å². The molecule has 7 heteroatoms. The molecule has 0 bridgehead atoms. The van der Waals surface area contributed by atoms with Gasteiger partial charge in [-0.25, -0.2) is 4.79 Å². The smallest absolute Gasteiger partial charge is 0.341 e. The minimum Gasteiger partial charge on any atom is -0.462 e. The van der Waals surface area contributed by atoms with Crippen LogP contribution in [-0.4, -0.2) is 61.0 Å². The molecule has 0 saturated carbocycles. The van der Waals surface area contributed by atoms with Crippen molar-refractivity contribution in [2.75, 3.05) is 44.6 Å². The number of hydrogen-bond donors (Lipinski definition) is 1. The Balaban J connectivity index is 1.48. The van der Waals surface area contributed by atoms with Crippen LogP contribution in [0.3, 0.4) is 0 Å². The largest absolute Gasteiger partial charge is 0.462 e. The quantitative estimate of drug-likeness (QED) is 0.723. The molecule has 2 heterocycles. The lowest BCUT2D eigenvalue weighted by molar-refractivity contribution is -0.117. The van der Waals surface area contributed by atoms with Gasteiger partial charge in [-0.15, -0.1) is 11.3 Å². The number of benzene rings is 1. The van der Waals surface area contributed by atoms with Crippen molar-refractivity contribution in [2.24, 2.45) is 0 Å². The highest BCUT2D eigenvalue weighted by molar-refractivity contribution is 7.16. The van der Waals surface area contributed by atoms with Gasteiger partial charge < -0.3 is 10.1 Å². The highest BCUT2D eigenvalue weighted by Gasteiger charge is 2.21. The number of rotatable bonds is 7. The van der Waals surface area contributed by atoms with Crippen LogP contribution in [0.15, 0.2) is 36.4 Å². The number of nitrogens with zero attached hydrogens (tertiary/aromatic N) is 2. The third-order valence-corrected chi connectivity index (χ3v) is 5.65. The lowest BCUT2D eigenvalue weighted by Gasteiger charge is -2.34. The summed E-state index contributed by atoms with van der Waals surface area (Å²) in [6, 6.07) is 12.2. The van der Waals surface area contributed by atoms with Crippen molar-refractivity contribution in [2.45, 2.75) is 20.4 Å². The molecular formula is C21H27N3O3S. The molecule has 1 fully saturated rings. The molecule has 6 nitrogen and oxygen atoms in total. The van der Waals surface area contributed by atoms with Gasteiger partial charge in [-0.3, -0.25) is 14.6 Å². The normalized spacial score (nSPS) is 15.4. The third kappa shape index (κ3) is 5.64. The molecule has 0 unspecified atom stereocenters. The van der Waals surface area contributed by atoms with Crippen molar-refractivity contribution >= 4 is 28.2 Å². The number of aryl methyl sites for hydroxylation is 1. The molecule has 0 spiro atoms. The van der Waals surface area contributed by atoms with E-state index in [9.17, 15) is 9.59 Å². The summed E-state index contributed by atoms with van der Waals surface area (Å²) in [5, 5.41) is 3.47. The zero-order valence-corrected chi connectivity index (χ0v) is 17.3. The van der Waals surface area contributed by atoms with Crippen LogP contribution < -0.4 is 5.32 Å². The Labute approximate surface area is 170 Å². The second-order valence-electron chi connectivity index (χ2n) is 6.91. The van der Waals surface area contributed by atoms with E-state index < -0.39 is 5.97 Å². The van der Waals surface area contributed by atoms with Gasteiger partial charge in [0.05, 0.1) is 18.7 Å².